The van der Waals surface area contributed by atoms with Gasteiger partial charge in [0, 0.05) is 5.69 Å². The van der Waals surface area contributed by atoms with Gasteiger partial charge in [-0.15, -0.1) is 0 Å². The lowest BCUT2D eigenvalue weighted by molar-refractivity contribution is -0.115. The highest BCUT2D eigenvalue weighted by atomic mass is 32.2. The number of hydrogen-bond donors (Lipinski definition) is 2. The first-order valence-corrected chi connectivity index (χ1v) is 9.47. The van der Waals surface area contributed by atoms with E-state index in [1.54, 1.807) is 0 Å². The van der Waals surface area contributed by atoms with E-state index in [9.17, 15) is 4.79 Å². The number of amides is 1. The topological polar surface area (TPSA) is 57.8 Å². The van der Waals surface area contributed by atoms with Gasteiger partial charge in [-0.2, -0.15) is 0 Å². The van der Waals surface area contributed by atoms with Crippen molar-refractivity contribution < 1.29 is 4.79 Å². The lowest BCUT2D eigenvalue weighted by atomic mass is 9.97. The molecule has 3 aromatic rings. The van der Waals surface area contributed by atoms with E-state index in [0.717, 1.165) is 28.3 Å². The molecule has 5 heteroatoms. The third-order valence-electron chi connectivity index (χ3n) is 4.39. The van der Waals surface area contributed by atoms with E-state index in [1.807, 2.05) is 49.4 Å². The fraction of sp³-hybridized carbons (Fsp3) is 0.300. The van der Waals surface area contributed by atoms with Gasteiger partial charge in [0.2, 0.25) is 5.91 Å². The molecule has 25 heavy (non-hydrogen) atoms. The SMILES string of the molecule is CC[C@H](C)c1ccccc1NC(=O)[C@H](C)Sc1nc2ccccc2[nH]1. The summed E-state index contributed by atoms with van der Waals surface area (Å²) >= 11 is 1.44. The van der Waals surface area contributed by atoms with Gasteiger partial charge in [0.15, 0.2) is 5.16 Å². The lowest BCUT2D eigenvalue weighted by Crippen LogP contribution is -2.23. The Labute approximate surface area is 152 Å². The van der Waals surface area contributed by atoms with Crippen molar-refractivity contribution >= 4 is 34.4 Å². The van der Waals surface area contributed by atoms with Crippen LogP contribution in [0.1, 0.15) is 38.7 Å². The summed E-state index contributed by atoms with van der Waals surface area (Å²) in [6, 6.07) is 15.9. The maximum absolute atomic E-state index is 12.6. The van der Waals surface area contributed by atoms with Crippen LogP contribution in [0.2, 0.25) is 0 Å². The molecule has 0 unspecified atom stereocenters. The molecule has 0 bridgehead atoms. The van der Waals surface area contributed by atoms with Gasteiger partial charge in [-0.1, -0.05) is 55.9 Å². The molecule has 0 aliphatic carbocycles. The molecule has 1 heterocycles. The average Bonchev–Trinajstić information content (AvgIpc) is 3.03. The van der Waals surface area contributed by atoms with Crippen LogP contribution in [0.3, 0.4) is 0 Å². The number of carbonyl (C=O) groups is 1. The standard InChI is InChI=1S/C20H23N3OS/c1-4-13(2)15-9-5-6-10-16(15)21-19(24)14(3)25-20-22-17-11-7-8-12-18(17)23-20/h5-14H,4H2,1-3H3,(H,21,24)(H,22,23)/t13-,14-/m0/s1. The van der Waals surface area contributed by atoms with Gasteiger partial charge < -0.3 is 10.3 Å². The van der Waals surface area contributed by atoms with Crippen molar-refractivity contribution in [1.29, 1.82) is 0 Å². The van der Waals surface area contributed by atoms with Crippen LogP contribution >= 0.6 is 11.8 Å². The van der Waals surface area contributed by atoms with E-state index in [4.69, 9.17) is 0 Å². The number of H-pyrrole nitrogens is 1. The van der Waals surface area contributed by atoms with Gasteiger partial charge in [-0.3, -0.25) is 4.79 Å². The highest BCUT2D eigenvalue weighted by Gasteiger charge is 2.18. The second-order valence-electron chi connectivity index (χ2n) is 6.20. The lowest BCUT2D eigenvalue weighted by Gasteiger charge is -2.17. The van der Waals surface area contributed by atoms with E-state index in [1.165, 1.54) is 17.3 Å². The molecular weight excluding hydrogens is 330 g/mol. The molecule has 2 atom stereocenters. The third kappa shape index (κ3) is 4.04. The summed E-state index contributed by atoms with van der Waals surface area (Å²) in [6.45, 7) is 6.24. The molecule has 2 aromatic carbocycles. The largest absolute Gasteiger partial charge is 0.333 e. The number of aromatic nitrogens is 2. The summed E-state index contributed by atoms with van der Waals surface area (Å²) in [4.78, 5) is 20.4. The van der Waals surface area contributed by atoms with E-state index < -0.39 is 0 Å². The zero-order valence-corrected chi connectivity index (χ0v) is 15.6. The maximum atomic E-state index is 12.6. The number of benzene rings is 2. The fourth-order valence-corrected chi connectivity index (χ4v) is 3.52. The molecule has 1 aromatic heterocycles. The minimum atomic E-state index is -0.245. The van der Waals surface area contributed by atoms with Gasteiger partial charge in [-0.05, 0) is 43.0 Å². The zero-order valence-electron chi connectivity index (χ0n) is 14.7. The molecule has 1 amide bonds. The number of nitrogens with zero attached hydrogens (tertiary/aromatic N) is 1. The Morgan fingerprint density at radius 2 is 1.88 bits per heavy atom. The summed E-state index contributed by atoms with van der Waals surface area (Å²) in [6.07, 6.45) is 1.04. The van der Waals surface area contributed by atoms with Crippen LogP contribution in [0.4, 0.5) is 5.69 Å². The Hall–Kier alpha value is -2.27. The van der Waals surface area contributed by atoms with Gasteiger partial charge in [-0.25, -0.2) is 4.98 Å². The Bertz CT molecular complexity index is 841. The van der Waals surface area contributed by atoms with E-state index >= 15 is 0 Å². The molecule has 0 saturated heterocycles. The predicted molar refractivity (Wildman–Crippen MR) is 105 cm³/mol. The summed E-state index contributed by atoms with van der Waals surface area (Å²) in [7, 11) is 0. The Kier molecular flexibility index (Phi) is 5.43. The van der Waals surface area contributed by atoms with Crippen LogP contribution in [-0.4, -0.2) is 21.1 Å². The summed E-state index contributed by atoms with van der Waals surface area (Å²) in [5, 5.41) is 3.60. The van der Waals surface area contributed by atoms with Crippen molar-refractivity contribution in [2.24, 2.45) is 0 Å². The number of hydrogen-bond acceptors (Lipinski definition) is 3. The van der Waals surface area contributed by atoms with E-state index in [0.29, 0.717) is 5.92 Å². The highest BCUT2D eigenvalue weighted by molar-refractivity contribution is 8.00. The summed E-state index contributed by atoms with van der Waals surface area (Å²) < 4.78 is 0. The quantitative estimate of drug-likeness (QED) is 0.599. The van der Waals surface area contributed by atoms with Crippen LogP contribution in [0, 0.1) is 0 Å². The molecule has 0 radical (unpaired) electrons. The second-order valence-corrected chi connectivity index (χ2v) is 7.53. The number of carbonyl (C=O) groups excluding carboxylic acids is 1. The molecular formula is C20H23N3OS. The molecule has 0 fully saturated rings. The number of imidazole rings is 1. The minimum absolute atomic E-state index is 0.0128. The molecule has 130 valence electrons. The normalized spacial score (nSPS) is 13.6. The molecule has 2 N–H and O–H groups in total. The van der Waals surface area contributed by atoms with Crippen molar-refractivity contribution in [3.63, 3.8) is 0 Å². The van der Waals surface area contributed by atoms with Crippen LogP contribution < -0.4 is 5.32 Å². The second kappa shape index (κ2) is 7.74. The monoisotopic (exact) mass is 353 g/mol. The first kappa shape index (κ1) is 17.5. The average molecular weight is 353 g/mol. The van der Waals surface area contributed by atoms with Crippen molar-refractivity contribution in [3.05, 3.63) is 54.1 Å². The number of fused-ring (bicyclic) bond motifs is 1. The Balaban J connectivity index is 1.71. The van der Waals surface area contributed by atoms with E-state index in [-0.39, 0.29) is 11.2 Å². The molecule has 0 aliphatic heterocycles. The predicted octanol–water partition coefficient (Wildman–Crippen LogP) is 5.20. The smallest absolute Gasteiger partial charge is 0.237 e. The van der Waals surface area contributed by atoms with Crippen LogP contribution in [-0.2, 0) is 4.79 Å². The van der Waals surface area contributed by atoms with E-state index in [2.05, 4.69) is 35.2 Å². The van der Waals surface area contributed by atoms with Crippen molar-refractivity contribution in [1.82, 2.24) is 9.97 Å². The van der Waals surface area contributed by atoms with Crippen molar-refractivity contribution in [3.8, 4) is 0 Å². The summed E-state index contributed by atoms with van der Waals surface area (Å²) in [5.74, 6) is 0.399. The molecule has 4 nitrogen and oxygen atoms in total. The minimum Gasteiger partial charge on any atom is -0.333 e. The zero-order chi connectivity index (χ0) is 17.8. The number of anilines is 1. The molecule has 0 aliphatic rings. The number of nitrogens with one attached hydrogen (secondary N) is 2. The van der Waals surface area contributed by atoms with Crippen LogP contribution in [0.25, 0.3) is 11.0 Å². The van der Waals surface area contributed by atoms with Crippen molar-refractivity contribution in [2.75, 3.05) is 5.32 Å². The fourth-order valence-electron chi connectivity index (χ4n) is 2.70. The first-order valence-electron chi connectivity index (χ1n) is 8.59. The number of thioether (sulfide) groups is 1. The number of para-hydroxylation sites is 3. The van der Waals surface area contributed by atoms with Gasteiger partial charge in [0.1, 0.15) is 0 Å². The first-order chi connectivity index (χ1) is 12.1. The molecule has 0 spiro atoms. The third-order valence-corrected chi connectivity index (χ3v) is 5.37. The van der Waals surface area contributed by atoms with Gasteiger partial charge in [0.05, 0.1) is 16.3 Å². The highest BCUT2D eigenvalue weighted by Crippen LogP contribution is 2.28. The number of rotatable bonds is 6. The van der Waals surface area contributed by atoms with Crippen LogP contribution in [0.5, 0.6) is 0 Å². The summed E-state index contributed by atoms with van der Waals surface area (Å²) in [5.41, 5.74) is 3.98. The Morgan fingerprint density at radius 1 is 1.16 bits per heavy atom. The maximum Gasteiger partial charge on any atom is 0.237 e. The van der Waals surface area contributed by atoms with Crippen LogP contribution in [0.15, 0.2) is 53.7 Å². The molecule has 0 saturated carbocycles. The van der Waals surface area contributed by atoms with Gasteiger partial charge in [0.25, 0.3) is 0 Å². The molecule has 3 rings (SSSR count). The number of aromatic amines is 1. The van der Waals surface area contributed by atoms with Gasteiger partial charge >= 0.3 is 0 Å². The Morgan fingerprint density at radius 3 is 2.64 bits per heavy atom. The van der Waals surface area contributed by atoms with Crippen molar-refractivity contribution in [2.45, 2.75) is 43.5 Å².